The Bertz CT molecular complexity index is 998. The molecule has 2 amide bonds. The van der Waals surface area contributed by atoms with E-state index in [2.05, 4.69) is 10.4 Å². The van der Waals surface area contributed by atoms with Gasteiger partial charge in [0.15, 0.2) is 0 Å². The topological polar surface area (TPSA) is 67.2 Å². The number of nitrogens with zero attached hydrogens (tertiary/aromatic N) is 3. The second-order valence-electron chi connectivity index (χ2n) is 6.83. The van der Waals surface area contributed by atoms with E-state index in [9.17, 15) is 9.59 Å². The van der Waals surface area contributed by atoms with Crippen molar-refractivity contribution in [1.29, 1.82) is 0 Å². The number of anilines is 1. The van der Waals surface area contributed by atoms with Gasteiger partial charge in [-0.3, -0.25) is 9.59 Å². The third kappa shape index (κ3) is 4.68. The highest BCUT2D eigenvalue weighted by Gasteiger charge is 2.19. The van der Waals surface area contributed by atoms with Gasteiger partial charge in [-0.05, 0) is 49.2 Å². The second-order valence-corrected chi connectivity index (χ2v) is 7.84. The fourth-order valence-electron chi connectivity index (χ4n) is 3.32. The van der Waals surface area contributed by atoms with Crippen LogP contribution in [0.5, 0.6) is 0 Å². The van der Waals surface area contributed by atoms with E-state index in [1.54, 1.807) is 16.9 Å². The molecule has 0 bridgehead atoms. The molecule has 3 aromatic rings. The molecular formula is C22H22N4O2S. The molecule has 0 aliphatic carbocycles. The van der Waals surface area contributed by atoms with Crippen LogP contribution in [0.2, 0.25) is 0 Å². The lowest BCUT2D eigenvalue weighted by molar-refractivity contribution is -0.127. The predicted molar refractivity (Wildman–Crippen MR) is 114 cm³/mol. The molecule has 2 aromatic carbocycles. The monoisotopic (exact) mass is 406 g/mol. The van der Waals surface area contributed by atoms with Crippen molar-refractivity contribution in [3.63, 3.8) is 0 Å². The number of aromatic nitrogens is 2. The molecule has 1 aromatic heterocycles. The maximum atomic E-state index is 12.9. The van der Waals surface area contributed by atoms with Crippen LogP contribution in [0.3, 0.4) is 0 Å². The van der Waals surface area contributed by atoms with Gasteiger partial charge in [-0.2, -0.15) is 5.10 Å². The van der Waals surface area contributed by atoms with Crippen LogP contribution in [-0.4, -0.2) is 45.3 Å². The van der Waals surface area contributed by atoms with Crippen molar-refractivity contribution in [2.24, 2.45) is 0 Å². The normalized spacial score (nSPS) is 13.4. The van der Waals surface area contributed by atoms with Crippen LogP contribution in [0.25, 0.3) is 5.69 Å². The Labute approximate surface area is 173 Å². The number of benzene rings is 2. The van der Waals surface area contributed by atoms with E-state index in [1.165, 1.54) is 11.8 Å². The van der Waals surface area contributed by atoms with Crippen molar-refractivity contribution in [2.75, 3.05) is 24.2 Å². The molecule has 0 atom stereocenters. The van der Waals surface area contributed by atoms with Gasteiger partial charge in [0.25, 0.3) is 5.91 Å². The van der Waals surface area contributed by atoms with Gasteiger partial charge in [0.1, 0.15) is 0 Å². The molecule has 2 heterocycles. The van der Waals surface area contributed by atoms with Gasteiger partial charge in [-0.25, -0.2) is 4.68 Å². The van der Waals surface area contributed by atoms with Crippen LogP contribution >= 0.6 is 11.8 Å². The molecule has 0 saturated carbocycles. The molecule has 0 spiro atoms. The third-order valence-electron chi connectivity index (χ3n) is 4.81. The van der Waals surface area contributed by atoms with E-state index in [0.717, 1.165) is 36.5 Å². The maximum absolute atomic E-state index is 12.9. The van der Waals surface area contributed by atoms with Crippen molar-refractivity contribution >= 4 is 29.3 Å². The summed E-state index contributed by atoms with van der Waals surface area (Å²) in [6, 6.07) is 16.8. The largest absolute Gasteiger partial charge is 0.342 e. The standard InChI is InChI=1S/C22H22N4O2S/c27-21(25-12-3-4-13-25)16-29-20-10-2-1-9-19(20)22(28)24-17-7-5-8-18(15-17)26-14-6-11-23-26/h1-2,5-11,14-15H,3-4,12-13,16H2,(H,24,28). The number of hydrogen-bond acceptors (Lipinski definition) is 4. The van der Waals surface area contributed by atoms with Crippen molar-refractivity contribution < 1.29 is 9.59 Å². The summed E-state index contributed by atoms with van der Waals surface area (Å²) in [5.74, 6) is 0.285. The van der Waals surface area contributed by atoms with Gasteiger partial charge in [-0.15, -0.1) is 11.8 Å². The minimum Gasteiger partial charge on any atom is -0.342 e. The van der Waals surface area contributed by atoms with Crippen LogP contribution in [0.4, 0.5) is 5.69 Å². The zero-order valence-electron chi connectivity index (χ0n) is 16.0. The lowest BCUT2D eigenvalue weighted by atomic mass is 10.2. The average molecular weight is 407 g/mol. The van der Waals surface area contributed by atoms with Crippen LogP contribution in [-0.2, 0) is 4.79 Å². The van der Waals surface area contributed by atoms with Gasteiger partial charge < -0.3 is 10.2 Å². The first-order valence-electron chi connectivity index (χ1n) is 9.62. The maximum Gasteiger partial charge on any atom is 0.256 e. The van der Waals surface area contributed by atoms with E-state index < -0.39 is 0 Å². The number of carbonyl (C=O) groups is 2. The summed E-state index contributed by atoms with van der Waals surface area (Å²) in [6.45, 7) is 1.68. The lowest BCUT2D eigenvalue weighted by Crippen LogP contribution is -2.29. The van der Waals surface area contributed by atoms with Crippen LogP contribution < -0.4 is 5.32 Å². The smallest absolute Gasteiger partial charge is 0.256 e. The van der Waals surface area contributed by atoms with E-state index in [1.807, 2.05) is 59.6 Å². The van der Waals surface area contributed by atoms with Crippen LogP contribution in [0.1, 0.15) is 23.2 Å². The first kappa shape index (κ1) is 19.3. The molecule has 1 aliphatic rings. The Morgan fingerprint density at radius 1 is 1.03 bits per heavy atom. The molecular weight excluding hydrogens is 384 g/mol. The van der Waals surface area contributed by atoms with Crippen molar-refractivity contribution in [3.8, 4) is 5.69 Å². The van der Waals surface area contributed by atoms with Crippen molar-refractivity contribution in [2.45, 2.75) is 17.7 Å². The summed E-state index contributed by atoms with van der Waals surface area (Å²) < 4.78 is 1.74. The van der Waals surface area contributed by atoms with E-state index in [4.69, 9.17) is 0 Å². The zero-order chi connectivity index (χ0) is 20.1. The highest BCUT2D eigenvalue weighted by Crippen LogP contribution is 2.25. The molecule has 4 rings (SSSR count). The highest BCUT2D eigenvalue weighted by molar-refractivity contribution is 8.00. The number of nitrogens with one attached hydrogen (secondary N) is 1. The number of hydrogen-bond donors (Lipinski definition) is 1. The molecule has 1 aliphatic heterocycles. The zero-order valence-corrected chi connectivity index (χ0v) is 16.8. The molecule has 7 heteroatoms. The number of likely N-dealkylation sites (tertiary alicyclic amines) is 1. The van der Waals surface area contributed by atoms with Gasteiger partial charge in [0.05, 0.1) is 17.0 Å². The van der Waals surface area contributed by atoms with Gasteiger partial charge in [-0.1, -0.05) is 18.2 Å². The lowest BCUT2D eigenvalue weighted by Gasteiger charge is -2.15. The van der Waals surface area contributed by atoms with E-state index in [0.29, 0.717) is 17.0 Å². The number of amides is 2. The van der Waals surface area contributed by atoms with Gasteiger partial charge in [0.2, 0.25) is 5.91 Å². The first-order valence-corrected chi connectivity index (χ1v) is 10.6. The second kappa shape index (κ2) is 8.96. The first-order chi connectivity index (χ1) is 14.2. The van der Waals surface area contributed by atoms with Crippen LogP contribution in [0, 0.1) is 0 Å². The fraction of sp³-hybridized carbons (Fsp3) is 0.227. The Morgan fingerprint density at radius 2 is 1.86 bits per heavy atom. The molecule has 148 valence electrons. The molecule has 1 fully saturated rings. The number of carbonyl (C=O) groups excluding carboxylic acids is 2. The van der Waals surface area contributed by atoms with E-state index >= 15 is 0 Å². The van der Waals surface area contributed by atoms with Gasteiger partial charge in [0, 0.05) is 36.1 Å². The summed E-state index contributed by atoms with van der Waals surface area (Å²) in [5.41, 5.74) is 2.12. The minimum atomic E-state index is -0.195. The molecule has 6 nitrogen and oxygen atoms in total. The molecule has 0 radical (unpaired) electrons. The van der Waals surface area contributed by atoms with Crippen LogP contribution in [0.15, 0.2) is 71.9 Å². The SMILES string of the molecule is O=C(Nc1cccc(-n2cccn2)c1)c1ccccc1SCC(=O)N1CCCC1. The Morgan fingerprint density at radius 3 is 2.66 bits per heavy atom. The molecule has 1 N–H and O–H groups in total. The van der Waals surface area contributed by atoms with Crippen molar-refractivity contribution in [1.82, 2.24) is 14.7 Å². The Balaban J connectivity index is 1.45. The molecule has 0 unspecified atom stereocenters. The molecule has 29 heavy (non-hydrogen) atoms. The predicted octanol–water partition coefficient (Wildman–Crippen LogP) is 3.84. The fourth-order valence-corrected chi connectivity index (χ4v) is 4.28. The minimum absolute atomic E-state index is 0.134. The summed E-state index contributed by atoms with van der Waals surface area (Å²) in [7, 11) is 0. The summed E-state index contributed by atoms with van der Waals surface area (Å²) in [4.78, 5) is 27.9. The number of rotatable bonds is 6. The highest BCUT2D eigenvalue weighted by atomic mass is 32.2. The van der Waals surface area contributed by atoms with Crippen molar-refractivity contribution in [3.05, 3.63) is 72.6 Å². The van der Waals surface area contributed by atoms with Gasteiger partial charge >= 0.3 is 0 Å². The van der Waals surface area contributed by atoms with E-state index in [-0.39, 0.29) is 11.8 Å². The Kier molecular flexibility index (Phi) is 5.95. The number of thioether (sulfide) groups is 1. The average Bonchev–Trinajstić information content (AvgIpc) is 3.47. The Hall–Kier alpha value is -3.06. The summed E-state index contributed by atoms with van der Waals surface area (Å²) in [5, 5.41) is 7.17. The third-order valence-corrected chi connectivity index (χ3v) is 5.87. The quantitative estimate of drug-likeness (QED) is 0.632. The molecule has 1 saturated heterocycles. The summed E-state index contributed by atoms with van der Waals surface area (Å²) >= 11 is 1.42. The summed E-state index contributed by atoms with van der Waals surface area (Å²) in [6.07, 6.45) is 5.71.